The van der Waals surface area contributed by atoms with Crippen LogP contribution >= 0.6 is 0 Å². The number of nitrogens with zero attached hydrogens (tertiary/aromatic N) is 1. The first kappa shape index (κ1) is 12.5. The van der Waals surface area contributed by atoms with Crippen molar-refractivity contribution in [3.63, 3.8) is 0 Å². The van der Waals surface area contributed by atoms with Crippen LogP contribution in [0, 0.1) is 0 Å². The molecule has 15 heavy (non-hydrogen) atoms. The Bertz CT molecular complexity index is 208. The summed E-state index contributed by atoms with van der Waals surface area (Å²) >= 11 is 0. The van der Waals surface area contributed by atoms with E-state index in [1.807, 2.05) is 0 Å². The molecule has 1 aliphatic heterocycles. The van der Waals surface area contributed by atoms with E-state index in [1.54, 1.807) is 0 Å². The van der Waals surface area contributed by atoms with Crippen LogP contribution in [-0.4, -0.2) is 42.5 Å². The standard InChI is InChI=1S/C11H23N3O/c1-3-4-9(2)13-11(15)8-14-6-5-10(12)7-14/h9-10H,3-8,12H2,1-2H3,(H,13,15)/t9?,10-/m1/s1. The van der Waals surface area contributed by atoms with Gasteiger partial charge in [0.25, 0.3) is 0 Å². The summed E-state index contributed by atoms with van der Waals surface area (Å²) in [6.45, 7) is 6.49. The molecule has 2 atom stereocenters. The first-order valence-corrected chi connectivity index (χ1v) is 5.89. The number of amides is 1. The molecule has 1 aliphatic rings. The van der Waals surface area contributed by atoms with Crippen molar-refractivity contribution in [3.8, 4) is 0 Å². The molecule has 4 nitrogen and oxygen atoms in total. The zero-order valence-corrected chi connectivity index (χ0v) is 9.83. The normalized spacial score (nSPS) is 24.1. The molecular formula is C11H23N3O. The van der Waals surface area contributed by atoms with Gasteiger partial charge in [-0.1, -0.05) is 13.3 Å². The topological polar surface area (TPSA) is 58.4 Å². The molecule has 0 aromatic rings. The largest absolute Gasteiger partial charge is 0.353 e. The maximum absolute atomic E-state index is 11.6. The molecule has 1 amide bonds. The van der Waals surface area contributed by atoms with Crippen molar-refractivity contribution in [1.82, 2.24) is 10.2 Å². The highest BCUT2D eigenvalue weighted by Gasteiger charge is 2.21. The van der Waals surface area contributed by atoms with Gasteiger partial charge in [-0.25, -0.2) is 0 Å². The van der Waals surface area contributed by atoms with Crippen LogP contribution in [0.5, 0.6) is 0 Å². The maximum atomic E-state index is 11.6. The molecule has 0 saturated carbocycles. The summed E-state index contributed by atoms with van der Waals surface area (Å²) in [5.74, 6) is 0.130. The zero-order valence-electron chi connectivity index (χ0n) is 9.83. The van der Waals surface area contributed by atoms with Crippen LogP contribution in [0.25, 0.3) is 0 Å². The van der Waals surface area contributed by atoms with Gasteiger partial charge in [0.05, 0.1) is 6.54 Å². The van der Waals surface area contributed by atoms with E-state index >= 15 is 0 Å². The molecule has 0 aromatic carbocycles. The molecule has 1 heterocycles. The molecule has 0 aromatic heterocycles. The van der Waals surface area contributed by atoms with E-state index in [2.05, 4.69) is 24.1 Å². The van der Waals surface area contributed by atoms with E-state index < -0.39 is 0 Å². The van der Waals surface area contributed by atoms with Crippen LogP contribution in [0.1, 0.15) is 33.1 Å². The van der Waals surface area contributed by atoms with E-state index in [0.29, 0.717) is 12.6 Å². The third-order valence-electron chi connectivity index (χ3n) is 2.81. The molecule has 0 spiro atoms. The Morgan fingerprint density at radius 2 is 2.40 bits per heavy atom. The first-order valence-electron chi connectivity index (χ1n) is 5.89. The van der Waals surface area contributed by atoms with Gasteiger partial charge in [0.1, 0.15) is 0 Å². The number of nitrogens with one attached hydrogen (secondary N) is 1. The quantitative estimate of drug-likeness (QED) is 0.691. The number of hydrogen-bond donors (Lipinski definition) is 2. The SMILES string of the molecule is CCCC(C)NC(=O)CN1CC[C@@H](N)C1. The Morgan fingerprint density at radius 1 is 1.67 bits per heavy atom. The van der Waals surface area contributed by atoms with Gasteiger partial charge in [0, 0.05) is 25.2 Å². The summed E-state index contributed by atoms with van der Waals surface area (Å²) in [5.41, 5.74) is 5.78. The van der Waals surface area contributed by atoms with Crippen LogP contribution in [0.15, 0.2) is 0 Å². The summed E-state index contributed by atoms with van der Waals surface area (Å²) in [4.78, 5) is 13.7. The van der Waals surface area contributed by atoms with E-state index in [1.165, 1.54) is 0 Å². The van der Waals surface area contributed by atoms with Crippen LogP contribution < -0.4 is 11.1 Å². The summed E-state index contributed by atoms with van der Waals surface area (Å²) in [5, 5.41) is 3.00. The average molecular weight is 213 g/mol. The molecular weight excluding hydrogens is 190 g/mol. The fourth-order valence-electron chi connectivity index (χ4n) is 2.03. The molecule has 0 radical (unpaired) electrons. The fourth-order valence-corrected chi connectivity index (χ4v) is 2.03. The lowest BCUT2D eigenvalue weighted by Gasteiger charge is -2.17. The Balaban J connectivity index is 2.18. The van der Waals surface area contributed by atoms with Gasteiger partial charge < -0.3 is 11.1 Å². The van der Waals surface area contributed by atoms with Crippen molar-refractivity contribution in [2.45, 2.75) is 45.2 Å². The highest BCUT2D eigenvalue weighted by atomic mass is 16.2. The van der Waals surface area contributed by atoms with Crippen molar-refractivity contribution in [2.75, 3.05) is 19.6 Å². The molecule has 1 unspecified atom stereocenters. The number of rotatable bonds is 5. The average Bonchev–Trinajstić information content (AvgIpc) is 2.51. The van der Waals surface area contributed by atoms with Crippen molar-refractivity contribution in [3.05, 3.63) is 0 Å². The molecule has 3 N–H and O–H groups in total. The van der Waals surface area contributed by atoms with Crippen molar-refractivity contribution in [1.29, 1.82) is 0 Å². The number of nitrogens with two attached hydrogens (primary N) is 1. The second-order valence-corrected chi connectivity index (χ2v) is 4.54. The van der Waals surface area contributed by atoms with Gasteiger partial charge in [-0.15, -0.1) is 0 Å². The van der Waals surface area contributed by atoms with Gasteiger partial charge in [-0.3, -0.25) is 9.69 Å². The summed E-state index contributed by atoms with van der Waals surface area (Å²) in [6, 6.07) is 0.546. The van der Waals surface area contributed by atoms with Gasteiger partial charge in [-0.2, -0.15) is 0 Å². The minimum absolute atomic E-state index is 0.130. The highest BCUT2D eigenvalue weighted by molar-refractivity contribution is 5.78. The van der Waals surface area contributed by atoms with Crippen molar-refractivity contribution in [2.24, 2.45) is 5.73 Å². The van der Waals surface area contributed by atoms with Crippen molar-refractivity contribution >= 4 is 5.91 Å². The second kappa shape index (κ2) is 6.08. The predicted molar refractivity (Wildman–Crippen MR) is 61.5 cm³/mol. The Kier molecular flexibility index (Phi) is 5.05. The second-order valence-electron chi connectivity index (χ2n) is 4.54. The van der Waals surface area contributed by atoms with Crippen LogP contribution in [0.3, 0.4) is 0 Å². The molecule has 1 rings (SSSR count). The van der Waals surface area contributed by atoms with E-state index in [0.717, 1.165) is 32.4 Å². The minimum Gasteiger partial charge on any atom is -0.353 e. The lowest BCUT2D eigenvalue weighted by Crippen LogP contribution is -2.40. The lowest BCUT2D eigenvalue weighted by molar-refractivity contribution is -0.122. The minimum atomic E-state index is 0.130. The van der Waals surface area contributed by atoms with Crippen molar-refractivity contribution < 1.29 is 4.79 Å². The van der Waals surface area contributed by atoms with Crippen LogP contribution in [0.2, 0.25) is 0 Å². The number of likely N-dealkylation sites (tertiary alicyclic amines) is 1. The monoisotopic (exact) mass is 213 g/mol. The van der Waals surface area contributed by atoms with Gasteiger partial charge in [0.2, 0.25) is 5.91 Å². The number of hydrogen-bond acceptors (Lipinski definition) is 3. The van der Waals surface area contributed by atoms with Gasteiger partial charge >= 0.3 is 0 Å². The predicted octanol–water partition coefficient (Wildman–Crippen LogP) is 0.324. The van der Waals surface area contributed by atoms with Crippen LogP contribution in [-0.2, 0) is 4.79 Å². The van der Waals surface area contributed by atoms with E-state index in [9.17, 15) is 4.79 Å². The van der Waals surface area contributed by atoms with Gasteiger partial charge in [0.15, 0.2) is 0 Å². The molecule has 1 saturated heterocycles. The zero-order chi connectivity index (χ0) is 11.3. The Morgan fingerprint density at radius 3 is 2.93 bits per heavy atom. The van der Waals surface area contributed by atoms with E-state index in [4.69, 9.17) is 5.73 Å². The fraction of sp³-hybridized carbons (Fsp3) is 0.909. The smallest absolute Gasteiger partial charge is 0.234 e. The number of carbonyl (C=O) groups is 1. The Hall–Kier alpha value is -0.610. The summed E-state index contributed by atoms with van der Waals surface area (Å²) in [7, 11) is 0. The van der Waals surface area contributed by atoms with E-state index in [-0.39, 0.29) is 11.9 Å². The Labute approximate surface area is 92.2 Å². The molecule has 88 valence electrons. The summed E-state index contributed by atoms with van der Waals surface area (Å²) in [6.07, 6.45) is 3.17. The molecule has 4 heteroatoms. The maximum Gasteiger partial charge on any atom is 0.234 e. The molecule has 1 fully saturated rings. The van der Waals surface area contributed by atoms with Crippen LogP contribution in [0.4, 0.5) is 0 Å². The highest BCUT2D eigenvalue weighted by Crippen LogP contribution is 2.05. The third kappa shape index (κ3) is 4.62. The third-order valence-corrected chi connectivity index (χ3v) is 2.81. The summed E-state index contributed by atoms with van der Waals surface area (Å²) < 4.78 is 0. The number of carbonyl (C=O) groups excluding carboxylic acids is 1. The first-order chi connectivity index (χ1) is 7.11. The lowest BCUT2D eigenvalue weighted by atomic mass is 10.2. The van der Waals surface area contributed by atoms with Gasteiger partial charge in [-0.05, 0) is 19.8 Å². The molecule has 0 aliphatic carbocycles. The molecule has 0 bridgehead atoms.